The van der Waals surface area contributed by atoms with E-state index in [0.29, 0.717) is 16.9 Å². The highest BCUT2D eigenvalue weighted by atomic mass is 79.9. The van der Waals surface area contributed by atoms with Gasteiger partial charge in [0.05, 0.1) is 5.69 Å². The lowest BCUT2D eigenvalue weighted by Crippen LogP contribution is -2.30. The predicted octanol–water partition coefficient (Wildman–Crippen LogP) is 8.81. The molecule has 1 aromatic heterocycles. The van der Waals surface area contributed by atoms with Crippen LogP contribution < -0.4 is 16.0 Å². The highest BCUT2D eigenvalue weighted by molar-refractivity contribution is 9.10. The number of para-hydroxylation sites is 2. The number of anilines is 2. The van der Waals surface area contributed by atoms with Gasteiger partial charge in [-0.1, -0.05) is 84.9 Å². The number of H-pyrrole nitrogens is 1. The lowest BCUT2D eigenvalue weighted by Gasteiger charge is -2.18. The van der Waals surface area contributed by atoms with Crippen molar-refractivity contribution in [2.75, 3.05) is 10.6 Å². The van der Waals surface area contributed by atoms with Gasteiger partial charge in [-0.2, -0.15) is 0 Å². The predicted molar refractivity (Wildman–Crippen MR) is 193 cm³/mol. The van der Waals surface area contributed by atoms with E-state index >= 15 is 0 Å². The Labute approximate surface area is 284 Å². The van der Waals surface area contributed by atoms with Gasteiger partial charge in [-0.05, 0) is 76.1 Å². The van der Waals surface area contributed by atoms with Crippen LogP contribution in [0.5, 0.6) is 0 Å². The Morgan fingerprint density at radius 3 is 2.23 bits per heavy atom. The molecule has 0 aliphatic carbocycles. The fraction of sp³-hybridized carbons (Fsp3) is 0.0263. The quantitative estimate of drug-likeness (QED) is 0.0847. The molecular formula is C38H29BrN4O3S. The van der Waals surface area contributed by atoms with Crippen LogP contribution >= 0.6 is 27.7 Å². The molecule has 6 aromatic rings. The number of carbonyl (C=O) groups excluding carboxylic acids is 3. The van der Waals surface area contributed by atoms with E-state index in [1.807, 2.05) is 103 Å². The minimum atomic E-state index is -0.572. The van der Waals surface area contributed by atoms with Gasteiger partial charge in [0, 0.05) is 43.3 Å². The minimum Gasteiger partial charge on any atom is -0.361 e. The van der Waals surface area contributed by atoms with Gasteiger partial charge in [-0.3, -0.25) is 14.4 Å². The molecule has 0 aliphatic heterocycles. The van der Waals surface area contributed by atoms with Crippen LogP contribution in [0.15, 0.2) is 155 Å². The number of rotatable bonds is 10. The summed E-state index contributed by atoms with van der Waals surface area (Å²) in [5.41, 5.74) is 4.19. The zero-order chi connectivity index (χ0) is 32.6. The summed E-state index contributed by atoms with van der Waals surface area (Å²) in [6, 6.07) is 40.7. The second-order valence-electron chi connectivity index (χ2n) is 10.5. The Balaban J connectivity index is 1.26. The van der Waals surface area contributed by atoms with Gasteiger partial charge >= 0.3 is 0 Å². The van der Waals surface area contributed by atoms with Crippen molar-refractivity contribution in [3.63, 3.8) is 0 Å². The number of halogens is 1. The lowest BCUT2D eigenvalue weighted by atomic mass is 10.1. The molecule has 0 saturated carbocycles. The fourth-order valence-corrected chi connectivity index (χ4v) is 6.42. The summed E-state index contributed by atoms with van der Waals surface area (Å²) < 4.78 is 0.783. The second-order valence-corrected chi connectivity index (χ2v) is 12.6. The van der Waals surface area contributed by atoms with Gasteiger partial charge in [-0.15, -0.1) is 11.8 Å². The maximum Gasteiger partial charge on any atom is 0.272 e. The van der Waals surface area contributed by atoms with Crippen molar-refractivity contribution < 1.29 is 14.4 Å². The molecule has 5 aromatic carbocycles. The van der Waals surface area contributed by atoms with E-state index in [1.54, 1.807) is 42.6 Å². The highest BCUT2D eigenvalue weighted by Crippen LogP contribution is 2.38. The van der Waals surface area contributed by atoms with Crippen LogP contribution in [0.1, 0.15) is 26.7 Å². The normalized spacial score (nSPS) is 11.9. The topological polar surface area (TPSA) is 103 Å². The van der Waals surface area contributed by atoms with Gasteiger partial charge in [0.2, 0.25) is 5.91 Å². The largest absolute Gasteiger partial charge is 0.361 e. The van der Waals surface area contributed by atoms with Crippen LogP contribution in [0.4, 0.5) is 11.4 Å². The number of hydrogen-bond acceptors (Lipinski definition) is 4. The molecule has 4 N–H and O–H groups in total. The van der Waals surface area contributed by atoms with Gasteiger partial charge in [0.25, 0.3) is 11.8 Å². The third-order valence-corrected chi connectivity index (χ3v) is 9.21. The maximum atomic E-state index is 13.8. The lowest BCUT2D eigenvalue weighted by molar-refractivity contribution is -0.116. The summed E-state index contributed by atoms with van der Waals surface area (Å²) in [5.74, 6) is -1.08. The molecule has 9 heteroatoms. The van der Waals surface area contributed by atoms with Crippen molar-refractivity contribution in [1.29, 1.82) is 0 Å². The molecule has 1 heterocycles. The summed E-state index contributed by atoms with van der Waals surface area (Å²) in [6.07, 6.45) is 3.46. The fourth-order valence-electron chi connectivity index (χ4n) is 4.95. The zero-order valence-corrected chi connectivity index (χ0v) is 27.3. The number of aromatic nitrogens is 1. The SMILES string of the molecule is O=C(Nc1cccc(SC(C(=O)Nc2ccccc2Br)c2ccccc2)c1)/C(=C/c1c[nH]c2ccccc12)NC(=O)c1ccccc1. The number of thioether (sulfide) groups is 1. The molecule has 7 nitrogen and oxygen atoms in total. The summed E-state index contributed by atoms with van der Waals surface area (Å²) in [5, 5.41) is 9.11. The number of carbonyl (C=O) groups is 3. The summed E-state index contributed by atoms with van der Waals surface area (Å²) in [7, 11) is 0. The molecule has 0 radical (unpaired) electrons. The summed E-state index contributed by atoms with van der Waals surface area (Å²) in [4.78, 5) is 44.5. The first-order chi connectivity index (χ1) is 22.9. The number of benzene rings is 5. The summed E-state index contributed by atoms with van der Waals surface area (Å²) >= 11 is 4.88. The smallest absolute Gasteiger partial charge is 0.272 e. The Bertz CT molecular complexity index is 2080. The molecule has 6 rings (SSSR count). The first-order valence-corrected chi connectivity index (χ1v) is 16.4. The average molecular weight is 702 g/mol. The van der Waals surface area contributed by atoms with Crippen LogP contribution in [0.2, 0.25) is 0 Å². The van der Waals surface area contributed by atoms with E-state index in [9.17, 15) is 14.4 Å². The zero-order valence-electron chi connectivity index (χ0n) is 24.9. The minimum absolute atomic E-state index is 0.0802. The molecule has 0 spiro atoms. The maximum absolute atomic E-state index is 13.8. The van der Waals surface area contributed by atoms with Crippen LogP contribution in [-0.4, -0.2) is 22.7 Å². The van der Waals surface area contributed by atoms with E-state index < -0.39 is 17.1 Å². The molecule has 47 heavy (non-hydrogen) atoms. The van der Waals surface area contributed by atoms with Crippen molar-refractivity contribution >= 4 is 73.8 Å². The molecule has 0 fully saturated rings. The number of amides is 3. The molecule has 3 amide bonds. The van der Waals surface area contributed by atoms with E-state index in [4.69, 9.17) is 0 Å². The number of hydrogen-bond donors (Lipinski definition) is 4. The molecule has 232 valence electrons. The Morgan fingerprint density at radius 2 is 1.45 bits per heavy atom. The van der Waals surface area contributed by atoms with Crippen molar-refractivity contribution in [1.82, 2.24) is 10.3 Å². The second kappa shape index (κ2) is 14.8. The van der Waals surface area contributed by atoms with E-state index in [2.05, 4.69) is 36.9 Å². The van der Waals surface area contributed by atoms with Crippen LogP contribution in [0, 0.1) is 0 Å². The van der Waals surface area contributed by atoms with Crippen LogP contribution in [0.25, 0.3) is 17.0 Å². The standard InChI is InChI=1S/C38H29BrN4O3S/c39-31-19-8-10-21-33(31)42-38(46)35(25-12-3-1-4-13-25)47-29-17-11-16-28(23-29)41-37(45)34(43-36(44)26-14-5-2-6-15-26)22-27-24-40-32-20-9-7-18-30(27)32/h1-24,35,40H,(H,41,45)(H,42,46)(H,43,44)/b34-22-. The van der Waals surface area contributed by atoms with E-state index in [-0.39, 0.29) is 11.6 Å². The Morgan fingerprint density at radius 1 is 0.745 bits per heavy atom. The molecular weight excluding hydrogens is 672 g/mol. The molecule has 0 aliphatic rings. The van der Waals surface area contributed by atoms with Crippen LogP contribution in [-0.2, 0) is 9.59 Å². The Hall–Kier alpha value is -5.38. The van der Waals surface area contributed by atoms with Crippen molar-refractivity contribution in [2.24, 2.45) is 0 Å². The van der Waals surface area contributed by atoms with E-state index in [1.165, 1.54) is 11.8 Å². The molecule has 0 bridgehead atoms. The highest BCUT2D eigenvalue weighted by Gasteiger charge is 2.23. The summed E-state index contributed by atoms with van der Waals surface area (Å²) in [6.45, 7) is 0. The first kappa shape index (κ1) is 31.6. The van der Waals surface area contributed by atoms with Crippen LogP contribution in [0.3, 0.4) is 0 Å². The average Bonchev–Trinajstić information content (AvgIpc) is 3.51. The first-order valence-electron chi connectivity index (χ1n) is 14.8. The van der Waals surface area contributed by atoms with E-state index in [0.717, 1.165) is 31.4 Å². The van der Waals surface area contributed by atoms with Crippen molar-refractivity contribution in [3.8, 4) is 0 Å². The molecule has 1 atom stereocenters. The van der Waals surface area contributed by atoms with Gasteiger partial charge in [0.15, 0.2) is 0 Å². The molecule has 0 saturated heterocycles. The van der Waals surface area contributed by atoms with Crippen molar-refractivity contribution in [2.45, 2.75) is 10.1 Å². The van der Waals surface area contributed by atoms with Gasteiger partial charge in [-0.25, -0.2) is 0 Å². The van der Waals surface area contributed by atoms with Gasteiger partial charge < -0.3 is 20.9 Å². The monoisotopic (exact) mass is 700 g/mol. The Kier molecular flexibility index (Phi) is 9.95. The molecule has 1 unspecified atom stereocenters. The third kappa shape index (κ3) is 7.89. The number of aromatic amines is 1. The number of nitrogens with one attached hydrogen (secondary N) is 4. The van der Waals surface area contributed by atoms with Crippen molar-refractivity contribution in [3.05, 3.63) is 167 Å². The third-order valence-electron chi connectivity index (χ3n) is 7.27. The van der Waals surface area contributed by atoms with Gasteiger partial charge in [0.1, 0.15) is 10.9 Å². The number of fused-ring (bicyclic) bond motifs is 1.